The zero-order valence-corrected chi connectivity index (χ0v) is 16.2. The van der Waals surface area contributed by atoms with E-state index in [-0.39, 0.29) is 10.9 Å². The Morgan fingerprint density at radius 2 is 1.88 bits per heavy atom. The molecule has 0 aliphatic carbocycles. The molecule has 0 radical (unpaired) electrons. The van der Waals surface area contributed by atoms with Crippen molar-refractivity contribution in [1.29, 1.82) is 0 Å². The maximum absolute atomic E-state index is 12.5. The number of hydrogen-bond donors (Lipinski definition) is 1. The summed E-state index contributed by atoms with van der Waals surface area (Å²) < 4.78 is 26.3. The van der Waals surface area contributed by atoms with E-state index >= 15 is 0 Å². The maximum Gasteiger partial charge on any atom is 0.317 e. The van der Waals surface area contributed by atoms with Gasteiger partial charge in [0.2, 0.25) is 10.0 Å². The SMILES string of the molecule is CCN(CC)S(=O)(=O)c1ccc(CNC(=O)N2CCC[C@@H](C)C2)cc1. The number of carbonyl (C=O) groups excluding carboxylic acids is 1. The summed E-state index contributed by atoms with van der Waals surface area (Å²) in [5.41, 5.74) is 0.886. The molecule has 140 valence electrons. The van der Waals surface area contributed by atoms with E-state index in [1.165, 1.54) is 10.7 Å². The average Bonchev–Trinajstić information content (AvgIpc) is 2.61. The van der Waals surface area contributed by atoms with Crippen LogP contribution >= 0.6 is 0 Å². The molecule has 0 unspecified atom stereocenters. The second-order valence-electron chi connectivity index (χ2n) is 6.59. The van der Waals surface area contributed by atoms with Crippen LogP contribution in [0.15, 0.2) is 29.2 Å². The Kier molecular flexibility index (Phi) is 6.84. The maximum atomic E-state index is 12.5. The van der Waals surface area contributed by atoms with Crippen LogP contribution in [0.25, 0.3) is 0 Å². The lowest BCUT2D eigenvalue weighted by atomic mass is 10.0. The molecular weight excluding hydrogens is 338 g/mol. The number of carbonyl (C=O) groups is 1. The van der Waals surface area contributed by atoms with Gasteiger partial charge in [-0.05, 0) is 36.5 Å². The summed E-state index contributed by atoms with van der Waals surface area (Å²) in [6, 6.07) is 6.69. The third-order valence-electron chi connectivity index (χ3n) is 4.65. The van der Waals surface area contributed by atoms with Crippen LogP contribution in [0.5, 0.6) is 0 Å². The van der Waals surface area contributed by atoms with Gasteiger partial charge in [0.25, 0.3) is 0 Å². The van der Waals surface area contributed by atoms with Crippen molar-refractivity contribution in [2.75, 3.05) is 26.2 Å². The van der Waals surface area contributed by atoms with Gasteiger partial charge in [0.1, 0.15) is 0 Å². The molecule has 1 fully saturated rings. The zero-order chi connectivity index (χ0) is 18.4. The fourth-order valence-electron chi connectivity index (χ4n) is 3.16. The van der Waals surface area contributed by atoms with E-state index in [0.29, 0.717) is 25.6 Å². The minimum atomic E-state index is -3.43. The fourth-order valence-corrected chi connectivity index (χ4v) is 4.61. The summed E-state index contributed by atoms with van der Waals surface area (Å²) in [5, 5.41) is 2.92. The van der Waals surface area contributed by atoms with Crippen molar-refractivity contribution in [2.24, 2.45) is 5.92 Å². The highest BCUT2D eigenvalue weighted by atomic mass is 32.2. The number of hydrogen-bond acceptors (Lipinski definition) is 3. The van der Waals surface area contributed by atoms with Gasteiger partial charge in [-0.2, -0.15) is 4.31 Å². The summed E-state index contributed by atoms with van der Waals surface area (Å²) >= 11 is 0. The van der Waals surface area contributed by atoms with Crippen LogP contribution in [-0.2, 0) is 16.6 Å². The van der Waals surface area contributed by atoms with Crippen molar-refractivity contribution in [1.82, 2.24) is 14.5 Å². The lowest BCUT2D eigenvalue weighted by molar-refractivity contribution is 0.169. The lowest BCUT2D eigenvalue weighted by Gasteiger charge is -2.30. The molecule has 2 amide bonds. The van der Waals surface area contributed by atoms with Crippen molar-refractivity contribution < 1.29 is 13.2 Å². The van der Waals surface area contributed by atoms with Gasteiger partial charge < -0.3 is 10.2 Å². The predicted octanol–water partition coefficient (Wildman–Crippen LogP) is 2.66. The van der Waals surface area contributed by atoms with Gasteiger partial charge in [0, 0.05) is 32.7 Å². The molecule has 1 atom stereocenters. The minimum absolute atomic E-state index is 0.0496. The summed E-state index contributed by atoms with van der Waals surface area (Å²) in [7, 11) is -3.43. The second kappa shape index (κ2) is 8.67. The molecule has 1 aromatic rings. The Balaban J connectivity index is 1.95. The first kappa shape index (κ1) is 19.7. The van der Waals surface area contributed by atoms with Crippen molar-refractivity contribution >= 4 is 16.1 Å². The van der Waals surface area contributed by atoms with Crippen LogP contribution in [0, 0.1) is 5.92 Å². The van der Waals surface area contributed by atoms with E-state index < -0.39 is 10.0 Å². The number of rotatable bonds is 6. The molecule has 1 aliphatic rings. The summed E-state index contributed by atoms with van der Waals surface area (Å²) in [4.78, 5) is 14.4. The zero-order valence-electron chi connectivity index (χ0n) is 15.4. The second-order valence-corrected chi connectivity index (χ2v) is 8.52. The third kappa shape index (κ3) is 4.95. The highest BCUT2D eigenvalue weighted by Crippen LogP contribution is 2.17. The molecule has 6 nitrogen and oxygen atoms in total. The molecule has 25 heavy (non-hydrogen) atoms. The molecule has 1 heterocycles. The average molecular weight is 368 g/mol. The van der Waals surface area contributed by atoms with Gasteiger partial charge >= 0.3 is 6.03 Å². The number of piperidine rings is 1. The van der Waals surface area contributed by atoms with Gasteiger partial charge in [-0.1, -0.05) is 32.9 Å². The molecule has 7 heteroatoms. The monoisotopic (exact) mass is 367 g/mol. The first-order chi connectivity index (χ1) is 11.9. The number of nitrogens with one attached hydrogen (secondary N) is 1. The van der Waals surface area contributed by atoms with E-state index in [1.807, 2.05) is 18.7 Å². The third-order valence-corrected chi connectivity index (χ3v) is 6.72. The largest absolute Gasteiger partial charge is 0.334 e. The first-order valence-corrected chi connectivity index (χ1v) is 10.4. The van der Waals surface area contributed by atoms with Crippen LogP contribution in [0.4, 0.5) is 4.79 Å². The van der Waals surface area contributed by atoms with Crippen molar-refractivity contribution in [3.8, 4) is 0 Å². The molecule has 2 rings (SSSR count). The summed E-state index contributed by atoms with van der Waals surface area (Å²) in [6.07, 6.45) is 2.22. The molecule has 0 saturated carbocycles. The number of nitrogens with zero attached hydrogens (tertiary/aromatic N) is 2. The van der Waals surface area contributed by atoms with Gasteiger partial charge in [0.05, 0.1) is 4.90 Å². The van der Waals surface area contributed by atoms with Crippen LogP contribution in [0.1, 0.15) is 39.2 Å². The van der Waals surface area contributed by atoms with Gasteiger partial charge in [-0.3, -0.25) is 0 Å². The topological polar surface area (TPSA) is 69.7 Å². The quantitative estimate of drug-likeness (QED) is 0.840. The van der Waals surface area contributed by atoms with Crippen molar-refractivity contribution in [3.05, 3.63) is 29.8 Å². The van der Waals surface area contributed by atoms with E-state index in [2.05, 4.69) is 12.2 Å². The van der Waals surface area contributed by atoms with Crippen molar-refractivity contribution in [3.63, 3.8) is 0 Å². The number of urea groups is 1. The summed E-state index contributed by atoms with van der Waals surface area (Å²) in [6.45, 7) is 8.71. The Morgan fingerprint density at radius 1 is 1.24 bits per heavy atom. The van der Waals surface area contributed by atoms with Crippen LogP contribution in [0.3, 0.4) is 0 Å². The number of likely N-dealkylation sites (tertiary alicyclic amines) is 1. The van der Waals surface area contributed by atoms with Crippen molar-refractivity contribution in [2.45, 2.75) is 45.1 Å². The van der Waals surface area contributed by atoms with Crippen LogP contribution in [-0.4, -0.2) is 49.8 Å². The van der Waals surface area contributed by atoms with E-state index in [0.717, 1.165) is 25.1 Å². The van der Waals surface area contributed by atoms with E-state index in [4.69, 9.17) is 0 Å². The smallest absolute Gasteiger partial charge is 0.317 e. The van der Waals surface area contributed by atoms with Gasteiger partial charge in [-0.25, -0.2) is 13.2 Å². The number of sulfonamides is 1. The minimum Gasteiger partial charge on any atom is -0.334 e. The molecule has 0 bridgehead atoms. The summed E-state index contributed by atoms with van der Waals surface area (Å²) in [5.74, 6) is 0.545. The Labute approximate surface area is 151 Å². The number of amides is 2. The van der Waals surface area contributed by atoms with E-state index in [1.54, 1.807) is 24.3 Å². The predicted molar refractivity (Wildman–Crippen MR) is 98.8 cm³/mol. The molecule has 0 spiro atoms. The normalized spacial score (nSPS) is 18.4. The lowest BCUT2D eigenvalue weighted by Crippen LogP contribution is -2.44. The van der Waals surface area contributed by atoms with E-state index in [9.17, 15) is 13.2 Å². The standard InChI is InChI=1S/C18H29N3O3S/c1-4-21(5-2)25(23,24)17-10-8-16(9-11-17)13-19-18(22)20-12-6-7-15(3)14-20/h8-11,15H,4-7,12-14H2,1-3H3,(H,19,22)/t15-/m1/s1. The van der Waals surface area contributed by atoms with Gasteiger partial charge in [-0.15, -0.1) is 0 Å². The molecule has 1 saturated heterocycles. The number of benzene rings is 1. The highest BCUT2D eigenvalue weighted by Gasteiger charge is 2.22. The Hall–Kier alpha value is -1.60. The molecule has 0 aromatic heterocycles. The van der Waals surface area contributed by atoms with Crippen LogP contribution in [0.2, 0.25) is 0 Å². The first-order valence-electron chi connectivity index (χ1n) is 9.00. The Morgan fingerprint density at radius 3 is 2.44 bits per heavy atom. The molecule has 1 aromatic carbocycles. The molecule has 1 N–H and O–H groups in total. The Bertz CT molecular complexity index is 669. The fraction of sp³-hybridized carbons (Fsp3) is 0.611. The molecule has 1 aliphatic heterocycles. The highest BCUT2D eigenvalue weighted by molar-refractivity contribution is 7.89. The van der Waals surface area contributed by atoms with Gasteiger partial charge in [0.15, 0.2) is 0 Å². The van der Waals surface area contributed by atoms with Crippen LogP contribution < -0.4 is 5.32 Å². The molecular formula is C18H29N3O3S.